The largest absolute Gasteiger partial charge is 0.453 e. The van der Waals surface area contributed by atoms with E-state index in [9.17, 15) is 19.2 Å². The Morgan fingerprint density at radius 1 is 0.827 bits per heavy atom. The molecule has 4 aromatic rings. The molecular weight excluding hydrogens is 689 g/mol. The SMILES string of the molecule is COC(=O)N[C@H](C(=O)N1CCCC1c1ncc(-c2cn3cc(C#Cc4cnc([C@@H]5CCCN5C(=O)[C@@H](NC(=O)OC)C(C)C)[nH]4)nc3s2)[nH]1)C(C)C. The van der Waals surface area contributed by atoms with Crippen LogP contribution in [0, 0.1) is 23.7 Å². The number of nitrogens with zero attached hydrogens (tertiary/aromatic N) is 6. The maximum absolute atomic E-state index is 13.5. The minimum absolute atomic E-state index is 0.115. The first kappa shape index (κ1) is 36.4. The van der Waals surface area contributed by atoms with Crippen molar-refractivity contribution in [3.05, 3.63) is 47.8 Å². The number of likely N-dealkylation sites (tertiary alicyclic amines) is 2. The lowest BCUT2D eigenvalue weighted by Crippen LogP contribution is -2.51. The van der Waals surface area contributed by atoms with Gasteiger partial charge in [-0.25, -0.2) is 24.5 Å². The zero-order chi connectivity index (χ0) is 37.1. The molecule has 1 unspecified atom stereocenters. The number of aromatic amines is 2. The first-order chi connectivity index (χ1) is 25.0. The lowest BCUT2D eigenvalue weighted by Gasteiger charge is -2.30. The fraction of sp³-hybridized carbons (Fsp3) is 0.514. The first-order valence-electron chi connectivity index (χ1n) is 17.4. The summed E-state index contributed by atoms with van der Waals surface area (Å²) in [5, 5.41) is 5.34. The second-order valence-electron chi connectivity index (χ2n) is 13.6. The Kier molecular flexibility index (Phi) is 10.8. The van der Waals surface area contributed by atoms with E-state index in [2.05, 4.69) is 42.4 Å². The highest BCUT2D eigenvalue weighted by atomic mass is 32.1. The predicted octanol–water partition coefficient (Wildman–Crippen LogP) is 4.00. The third-order valence-corrected chi connectivity index (χ3v) is 10.5. The van der Waals surface area contributed by atoms with Crippen molar-refractivity contribution in [2.75, 3.05) is 27.3 Å². The summed E-state index contributed by atoms with van der Waals surface area (Å²) in [6.07, 6.45) is 9.12. The van der Waals surface area contributed by atoms with Crippen molar-refractivity contribution in [3.8, 4) is 22.4 Å². The van der Waals surface area contributed by atoms with Gasteiger partial charge >= 0.3 is 12.2 Å². The fourth-order valence-corrected chi connectivity index (χ4v) is 7.63. The highest BCUT2D eigenvalue weighted by Crippen LogP contribution is 2.35. The van der Waals surface area contributed by atoms with E-state index >= 15 is 0 Å². The second-order valence-corrected chi connectivity index (χ2v) is 14.6. The Hall–Kier alpha value is -5.37. The molecule has 17 heteroatoms. The van der Waals surface area contributed by atoms with E-state index in [1.165, 1.54) is 25.6 Å². The van der Waals surface area contributed by atoms with Crippen LogP contribution in [-0.4, -0.2) is 103 Å². The number of amides is 4. The number of imidazole rings is 3. The van der Waals surface area contributed by atoms with Gasteiger partial charge in [-0.3, -0.25) is 14.0 Å². The van der Waals surface area contributed by atoms with Gasteiger partial charge in [0.05, 0.1) is 49.3 Å². The molecule has 2 saturated heterocycles. The molecule has 2 aliphatic rings. The van der Waals surface area contributed by atoms with Crippen LogP contribution in [0.25, 0.3) is 15.5 Å². The number of carbonyl (C=O) groups is 4. The van der Waals surface area contributed by atoms with Crippen LogP contribution < -0.4 is 10.6 Å². The van der Waals surface area contributed by atoms with Crippen LogP contribution in [0.3, 0.4) is 0 Å². The molecule has 0 aromatic carbocycles. The molecule has 0 spiro atoms. The van der Waals surface area contributed by atoms with Gasteiger partial charge < -0.3 is 39.9 Å². The summed E-state index contributed by atoms with van der Waals surface area (Å²) in [6, 6.07) is -1.88. The Balaban J connectivity index is 1.12. The van der Waals surface area contributed by atoms with Gasteiger partial charge in [-0.1, -0.05) is 39.0 Å². The van der Waals surface area contributed by atoms with Crippen molar-refractivity contribution in [1.82, 2.24) is 49.8 Å². The molecule has 0 radical (unpaired) electrons. The third kappa shape index (κ3) is 7.61. The topological polar surface area (TPSA) is 192 Å². The number of rotatable bonds is 9. The number of thiazole rings is 1. The van der Waals surface area contributed by atoms with Crippen molar-refractivity contribution >= 4 is 40.3 Å². The number of alkyl carbamates (subject to hydrolysis) is 2. The summed E-state index contributed by atoms with van der Waals surface area (Å²) in [4.78, 5) is 76.5. The molecule has 0 aliphatic carbocycles. The molecular formula is C35H44N10O6S. The summed E-state index contributed by atoms with van der Waals surface area (Å²) in [5.74, 6) is 6.99. The van der Waals surface area contributed by atoms with Gasteiger partial charge in [0.2, 0.25) is 11.8 Å². The number of aromatic nitrogens is 6. The highest BCUT2D eigenvalue weighted by molar-refractivity contribution is 7.20. The van der Waals surface area contributed by atoms with Crippen molar-refractivity contribution in [2.24, 2.45) is 11.8 Å². The van der Waals surface area contributed by atoms with Gasteiger partial charge in [0.15, 0.2) is 4.96 Å². The zero-order valence-corrected chi connectivity index (χ0v) is 30.9. The van der Waals surface area contributed by atoms with Gasteiger partial charge in [-0.2, -0.15) is 0 Å². The molecule has 0 saturated carbocycles. The number of hydrogen-bond acceptors (Lipinski definition) is 10. The molecule has 4 aromatic heterocycles. The fourth-order valence-electron chi connectivity index (χ4n) is 6.70. The van der Waals surface area contributed by atoms with E-state index in [4.69, 9.17) is 14.5 Å². The molecule has 6 rings (SSSR count). The van der Waals surface area contributed by atoms with E-state index < -0.39 is 24.3 Å². The zero-order valence-electron chi connectivity index (χ0n) is 30.1. The number of fused-ring (bicyclic) bond motifs is 1. The molecule has 0 bridgehead atoms. The van der Waals surface area contributed by atoms with Crippen molar-refractivity contribution in [3.63, 3.8) is 0 Å². The van der Waals surface area contributed by atoms with E-state index in [1.807, 2.05) is 44.5 Å². The van der Waals surface area contributed by atoms with Crippen LogP contribution in [0.15, 0.2) is 24.8 Å². The molecule has 2 aliphatic heterocycles. The van der Waals surface area contributed by atoms with Gasteiger partial charge in [0.25, 0.3) is 0 Å². The summed E-state index contributed by atoms with van der Waals surface area (Å²) < 4.78 is 11.4. The summed E-state index contributed by atoms with van der Waals surface area (Å²) in [7, 11) is 2.56. The Bertz CT molecular complexity index is 1970. The number of hydrogen-bond donors (Lipinski definition) is 4. The Morgan fingerprint density at radius 3 is 1.92 bits per heavy atom. The van der Waals surface area contributed by atoms with Crippen molar-refractivity contribution in [2.45, 2.75) is 77.5 Å². The maximum Gasteiger partial charge on any atom is 0.407 e. The van der Waals surface area contributed by atoms with Gasteiger partial charge in [-0.15, -0.1) is 0 Å². The minimum Gasteiger partial charge on any atom is -0.453 e. The number of methoxy groups -OCH3 is 2. The third-order valence-electron chi connectivity index (χ3n) is 9.42. The Labute approximate surface area is 305 Å². The molecule has 4 amide bonds. The molecule has 16 nitrogen and oxygen atoms in total. The average molecular weight is 733 g/mol. The van der Waals surface area contributed by atoms with E-state index in [0.29, 0.717) is 36.1 Å². The monoisotopic (exact) mass is 732 g/mol. The van der Waals surface area contributed by atoms with E-state index in [-0.39, 0.29) is 35.7 Å². The Morgan fingerprint density at radius 2 is 1.38 bits per heavy atom. The first-order valence-corrected chi connectivity index (χ1v) is 18.2. The normalized spacial score (nSPS) is 18.4. The van der Waals surface area contributed by atoms with Crippen LogP contribution in [0.2, 0.25) is 0 Å². The van der Waals surface area contributed by atoms with Crippen LogP contribution >= 0.6 is 11.3 Å². The van der Waals surface area contributed by atoms with Crippen molar-refractivity contribution in [1.29, 1.82) is 0 Å². The van der Waals surface area contributed by atoms with Crippen LogP contribution in [-0.2, 0) is 19.1 Å². The predicted molar refractivity (Wildman–Crippen MR) is 191 cm³/mol. The van der Waals surface area contributed by atoms with E-state index in [0.717, 1.165) is 41.2 Å². The van der Waals surface area contributed by atoms with Gasteiger partial charge in [0, 0.05) is 25.5 Å². The lowest BCUT2D eigenvalue weighted by molar-refractivity contribution is -0.136. The van der Waals surface area contributed by atoms with Crippen molar-refractivity contribution < 1.29 is 28.7 Å². The second kappa shape index (κ2) is 15.5. The standard InChI is InChI=1S/C35H44N10O6S/c1-19(2)27(41-34(48)50-5)31(46)44-13-7-9-24(44)29-36-15-21(38-29)11-12-22-17-43-18-26(52-33(43)39-22)23-16-37-30(40-23)25-10-8-14-45(25)32(47)28(20(3)4)42-35(49)51-6/h15-20,24-25,27-28H,7-10,13-14H2,1-6H3,(H,36,38)(H,37,40)(H,41,48)(H,42,49)/t24-,25?,27-,28-/m0/s1. The summed E-state index contributed by atoms with van der Waals surface area (Å²) in [6.45, 7) is 8.68. The summed E-state index contributed by atoms with van der Waals surface area (Å²) >= 11 is 1.49. The summed E-state index contributed by atoms with van der Waals surface area (Å²) in [5.41, 5.74) is 2.01. The molecule has 52 heavy (non-hydrogen) atoms. The maximum atomic E-state index is 13.5. The number of carbonyl (C=O) groups excluding carboxylic acids is 4. The number of H-pyrrole nitrogens is 2. The lowest BCUT2D eigenvalue weighted by atomic mass is 10.0. The van der Waals surface area contributed by atoms with Gasteiger partial charge in [-0.05, 0) is 49.4 Å². The molecule has 4 atom stereocenters. The van der Waals surface area contributed by atoms with Gasteiger partial charge in [0.1, 0.15) is 35.1 Å². The van der Waals surface area contributed by atoms with Crippen LogP contribution in [0.1, 0.15) is 88.5 Å². The molecule has 6 heterocycles. The number of nitrogens with one attached hydrogen (secondary N) is 4. The molecule has 4 N–H and O–H groups in total. The van der Waals surface area contributed by atoms with Crippen LogP contribution in [0.5, 0.6) is 0 Å². The van der Waals surface area contributed by atoms with Crippen LogP contribution in [0.4, 0.5) is 9.59 Å². The minimum atomic E-state index is -0.706. The molecule has 276 valence electrons. The quantitative estimate of drug-likeness (QED) is 0.184. The highest BCUT2D eigenvalue weighted by Gasteiger charge is 2.39. The number of ether oxygens (including phenoxy) is 2. The molecule has 2 fully saturated rings. The van der Waals surface area contributed by atoms with E-state index in [1.54, 1.807) is 22.2 Å². The average Bonchev–Trinajstić information content (AvgIpc) is 3.96. The smallest absolute Gasteiger partial charge is 0.407 e.